The molecule has 1 aromatic heterocycles. The number of carbonyl (C=O) groups excluding carboxylic acids is 1. The fraction of sp³-hybridized carbons (Fsp3) is 0.211. The zero-order valence-corrected chi connectivity index (χ0v) is 13.9. The summed E-state index contributed by atoms with van der Waals surface area (Å²) in [6.45, 7) is 2.35. The Labute approximate surface area is 141 Å². The van der Waals surface area contributed by atoms with Crippen LogP contribution in [-0.2, 0) is 17.8 Å². The predicted molar refractivity (Wildman–Crippen MR) is 94.5 cm³/mol. The minimum Gasteiger partial charge on any atom is -0.496 e. The van der Waals surface area contributed by atoms with Gasteiger partial charge in [-0.15, -0.1) is 0 Å². The molecule has 124 valence electrons. The lowest BCUT2D eigenvalue weighted by molar-refractivity contribution is -0.131. The van der Waals surface area contributed by atoms with Gasteiger partial charge >= 0.3 is 0 Å². The number of ether oxygens (including phenoxy) is 1. The van der Waals surface area contributed by atoms with Gasteiger partial charge in [-0.05, 0) is 30.2 Å². The number of hydrogen-bond acceptors (Lipinski definition) is 3. The van der Waals surface area contributed by atoms with Gasteiger partial charge in [0.2, 0.25) is 5.91 Å². The molecule has 0 saturated heterocycles. The molecule has 0 aliphatic heterocycles. The van der Waals surface area contributed by atoms with Crippen molar-refractivity contribution in [3.8, 4) is 5.75 Å². The molecule has 2 aromatic carbocycles. The molecule has 1 amide bonds. The molecular formula is C19H21N3O2. The SMILES string of the molecule is COc1cccc2[nH]c(C)c(CC(=O)N(N)Cc3ccccc3)c12. The van der Waals surface area contributed by atoms with E-state index >= 15 is 0 Å². The third kappa shape index (κ3) is 3.12. The number of aromatic amines is 1. The van der Waals surface area contributed by atoms with E-state index in [1.807, 2.05) is 55.5 Å². The van der Waals surface area contributed by atoms with Crippen molar-refractivity contribution in [2.45, 2.75) is 19.9 Å². The van der Waals surface area contributed by atoms with Gasteiger partial charge in [-0.1, -0.05) is 36.4 Å². The van der Waals surface area contributed by atoms with Crippen LogP contribution in [0.4, 0.5) is 0 Å². The Bertz CT molecular complexity index is 856. The van der Waals surface area contributed by atoms with E-state index in [0.29, 0.717) is 6.54 Å². The van der Waals surface area contributed by atoms with Gasteiger partial charge in [0.1, 0.15) is 5.75 Å². The number of methoxy groups -OCH3 is 1. The van der Waals surface area contributed by atoms with E-state index in [1.165, 1.54) is 5.01 Å². The van der Waals surface area contributed by atoms with Gasteiger partial charge in [0.15, 0.2) is 0 Å². The molecule has 0 saturated carbocycles. The molecular weight excluding hydrogens is 302 g/mol. The largest absolute Gasteiger partial charge is 0.496 e. The third-order valence-electron chi connectivity index (χ3n) is 4.17. The number of nitrogens with zero attached hydrogens (tertiary/aromatic N) is 1. The standard InChI is InChI=1S/C19H21N3O2/c1-13-15(19-16(21-13)9-6-10-17(19)24-2)11-18(23)22(20)12-14-7-4-3-5-8-14/h3-10,21H,11-12,20H2,1-2H3. The molecule has 0 fully saturated rings. The van der Waals surface area contributed by atoms with Crippen LogP contribution in [-0.4, -0.2) is 23.0 Å². The number of hydrazine groups is 1. The molecule has 1 heterocycles. The maximum atomic E-state index is 12.6. The van der Waals surface area contributed by atoms with Gasteiger partial charge in [0.25, 0.3) is 0 Å². The molecule has 5 heteroatoms. The zero-order chi connectivity index (χ0) is 17.1. The number of aromatic nitrogens is 1. The Morgan fingerprint density at radius 3 is 2.62 bits per heavy atom. The average molecular weight is 323 g/mol. The minimum atomic E-state index is -0.131. The number of benzene rings is 2. The fourth-order valence-electron chi connectivity index (χ4n) is 2.92. The maximum absolute atomic E-state index is 12.6. The smallest absolute Gasteiger partial charge is 0.241 e. The van der Waals surface area contributed by atoms with Crippen LogP contribution in [0.15, 0.2) is 48.5 Å². The molecule has 0 spiro atoms. The highest BCUT2D eigenvalue weighted by atomic mass is 16.5. The molecule has 0 atom stereocenters. The van der Waals surface area contributed by atoms with Crippen LogP contribution in [0.3, 0.4) is 0 Å². The second kappa shape index (κ2) is 6.76. The summed E-state index contributed by atoms with van der Waals surface area (Å²) in [4.78, 5) is 15.9. The second-order valence-electron chi connectivity index (χ2n) is 5.80. The van der Waals surface area contributed by atoms with Gasteiger partial charge < -0.3 is 9.72 Å². The van der Waals surface area contributed by atoms with Gasteiger partial charge in [-0.2, -0.15) is 0 Å². The molecule has 3 rings (SSSR count). The number of H-pyrrole nitrogens is 1. The van der Waals surface area contributed by atoms with Crippen molar-refractivity contribution in [1.29, 1.82) is 0 Å². The number of aryl methyl sites for hydroxylation is 1. The van der Waals surface area contributed by atoms with Crippen molar-refractivity contribution in [3.63, 3.8) is 0 Å². The zero-order valence-electron chi connectivity index (χ0n) is 13.9. The van der Waals surface area contributed by atoms with Crippen molar-refractivity contribution in [2.75, 3.05) is 7.11 Å². The molecule has 0 radical (unpaired) electrons. The van der Waals surface area contributed by atoms with Crippen molar-refractivity contribution in [2.24, 2.45) is 5.84 Å². The quantitative estimate of drug-likeness (QED) is 0.431. The molecule has 0 unspecified atom stereocenters. The van der Waals surface area contributed by atoms with Crippen molar-refractivity contribution in [3.05, 3.63) is 65.4 Å². The number of amides is 1. The fourth-order valence-corrected chi connectivity index (χ4v) is 2.92. The molecule has 3 N–H and O–H groups in total. The lowest BCUT2D eigenvalue weighted by atomic mass is 10.1. The van der Waals surface area contributed by atoms with Gasteiger partial charge in [-0.3, -0.25) is 9.80 Å². The van der Waals surface area contributed by atoms with Gasteiger partial charge in [0.05, 0.1) is 20.1 Å². The first-order chi connectivity index (χ1) is 11.6. The Hall–Kier alpha value is -2.79. The molecule has 5 nitrogen and oxygen atoms in total. The van der Waals surface area contributed by atoms with Crippen molar-refractivity contribution in [1.82, 2.24) is 9.99 Å². The van der Waals surface area contributed by atoms with E-state index in [-0.39, 0.29) is 12.3 Å². The monoisotopic (exact) mass is 323 g/mol. The van der Waals surface area contributed by atoms with Crippen LogP contribution in [0.1, 0.15) is 16.8 Å². The van der Waals surface area contributed by atoms with Crippen LogP contribution >= 0.6 is 0 Å². The van der Waals surface area contributed by atoms with Crippen LogP contribution < -0.4 is 10.6 Å². The number of hydrogen-bond donors (Lipinski definition) is 2. The lowest BCUT2D eigenvalue weighted by Gasteiger charge is -2.17. The van der Waals surface area contributed by atoms with Crippen molar-refractivity contribution < 1.29 is 9.53 Å². The molecule has 0 aliphatic rings. The summed E-state index contributed by atoms with van der Waals surface area (Å²) < 4.78 is 5.44. The topological polar surface area (TPSA) is 71.4 Å². The average Bonchev–Trinajstić information content (AvgIpc) is 2.91. The summed E-state index contributed by atoms with van der Waals surface area (Å²) in [6, 6.07) is 15.5. The van der Waals surface area contributed by atoms with Crippen LogP contribution in [0.25, 0.3) is 10.9 Å². The Kier molecular flexibility index (Phi) is 4.53. The van der Waals surface area contributed by atoms with Crippen LogP contribution in [0, 0.1) is 6.92 Å². The predicted octanol–water partition coefficient (Wildman–Crippen LogP) is 2.93. The Balaban J connectivity index is 1.84. The summed E-state index contributed by atoms with van der Waals surface area (Å²) in [6.07, 6.45) is 0.232. The van der Waals surface area contributed by atoms with Crippen molar-refractivity contribution >= 4 is 16.8 Å². The van der Waals surface area contributed by atoms with E-state index in [9.17, 15) is 4.79 Å². The van der Waals surface area contributed by atoms with E-state index in [1.54, 1.807) is 7.11 Å². The summed E-state index contributed by atoms with van der Waals surface area (Å²) in [7, 11) is 1.63. The third-order valence-corrected chi connectivity index (χ3v) is 4.17. The highest BCUT2D eigenvalue weighted by molar-refractivity contribution is 5.94. The Morgan fingerprint density at radius 2 is 1.92 bits per heavy atom. The number of fused-ring (bicyclic) bond motifs is 1. The normalized spacial score (nSPS) is 10.8. The molecule has 0 bridgehead atoms. The van der Waals surface area contributed by atoms with Gasteiger partial charge in [-0.25, -0.2) is 5.84 Å². The number of nitrogens with one attached hydrogen (secondary N) is 1. The van der Waals surface area contributed by atoms with Crippen LogP contribution in [0.5, 0.6) is 5.75 Å². The molecule has 24 heavy (non-hydrogen) atoms. The van der Waals surface area contributed by atoms with Gasteiger partial charge in [0, 0.05) is 16.6 Å². The molecule has 0 aliphatic carbocycles. The first-order valence-corrected chi connectivity index (χ1v) is 7.83. The summed E-state index contributed by atoms with van der Waals surface area (Å²) in [5.41, 5.74) is 3.84. The highest BCUT2D eigenvalue weighted by Gasteiger charge is 2.18. The summed E-state index contributed by atoms with van der Waals surface area (Å²) in [5, 5.41) is 2.21. The number of rotatable bonds is 5. The second-order valence-corrected chi connectivity index (χ2v) is 5.80. The number of carbonyl (C=O) groups is 1. The first-order valence-electron chi connectivity index (χ1n) is 7.83. The van der Waals surface area contributed by atoms with E-state index < -0.39 is 0 Å². The highest BCUT2D eigenvalue weighted by Crippen LogP contribution is 2.31. The minimum absolute atomic E-state index is 0.131. The summed E-state index contributed by atoms with van der Waals surface area (Å²) >= 11 is 0. The Morgan fingerprint density at radius 1 is 1.17 bits per heavy atom. The number of nitrogens with two attached hydrogens (primary N) is 1. The van der Waals surface area contributed by atoms with E-state index in [2.05, 4.69) is 4.98 Å². The molecule has 3 aromatic rings. The maximum Gasteiger partial charge on any atom is 0.241 e. The lowest BCUT2D eigenvalue weighted by Crippen LogP contribution is -2.37. The van der Waals surface area contributed by atoms with Crippen LogP contribution in [0.2, 0.25) is 0 Å². The summed E-state index contributed by atoms with van der Waals surface area (Å²) in [5.74, 6) is 6.60. The van der Waals surface area contributed by atoms with E-state index in [4.69, 9.17) is 10.6 Å². The first kappa shape index (κ1) is 16.1. The van der Waals surface area contributed by atoms with E-state index in [0.717, 1.165) is 33.5 Å².